The molecule has 0 saturated heterocycles. The van der Waals surface area contributed by atoms with Gasteiger partial charge in [-0.15, -0.1) is 0 Å². The summed E-state index contributed by atoms with van der Waals surface area (Å²) < 4.78 is 13.5. The maximum Gasteiger partial charge on any atom is 0.228 e. The van der Waals surface area contributed by atoms with E-state index in [1.54, 1.807) is 0 Å². The normalized spacial score (nSPS) is 10.2. The zero-order valence-corrected chi connectivity index (χ0v) is 10.6. The Kier molecular flexibility index (Phi) is 3.80. The molecule has 0 aliphatic carbocycles. The van der Waals surface area contributed by atoms with Crippen LogP contribution in [0.1, 0.15) is 11.1 Å². The van der Waals surface area contributed by atoms with E-state index in [9.17, 15) is 9.18 Å². The summed E-state index contributed by atoms with van der Waals surface area (Å²) in [6.07, 6.45) is 0.209. The number of hydrogen-bond acceptors (Lipinski definition) is 2. The fourth-order valence-corrected chi connectivity index (χ4v) is 1.81. The van der Waals surface area contributed by atoms with Gasteiger partial charge in [-0.1, -0.05) is 24.3 Å². The number of benzene rings is 2. The van der Waals surface area contributed by atoms with Gasteiger partial charge in [0.05, 0.1) is 12.1 Å². The fraction of sp³-hybridized carbons (Fsp3) is 0.133. The van der Waals surface area contributed by atoms with Crippen molar-refractivity contribution >= 4 is 17.3 Å². The molecule has 0 spiro atoms. The number of aryl methyl sites for hydroxylation is 1. The molecule has 4 heteroatoms. The molecule has 0 bridgehead atoms. The predicted octanol–water partition coefficient (Wildman–Crippen LogP) is 2.90. The second-order valence-electron chi connectivity index (χ2n) is 4.39. The Morgan fingerprint density at radius 1 is 1.26 bits per heavy atom. The Balaban J connectivity index is 2.10. The van der Waals surface area contributed by atoms with Crippen molar-refractivity contribution in [2.24, 2.45) is 0 Å². The van der Waals surface area contributed by atoms with Gasteiger partial charge in [0.1, 0.15) is 5.82 Å². The first-order valence-electron chi connectivity index (χ1n) is 5.95. The molecule has 3 N–H and O–H groups in total. The molecule has 98 valence electrons. The average Bonchev–Trinajstić information content (AvgIpc) is 2.37. The van der Waals surface area contributed by atoms with Crippen LogP contribution >= 0.6 is 0 Å². The van der Waals surface area contributed by atoms with Crippen molar-refractivity contribution in [2.45, 2.75) is 13.3 Å². The van der Waals surface area contributed by atoms with Crippen molar-refractivity contribution in [1.29, 1.82) is 0 Å². The molecule has 3 nitrogen and oxygen atoms in total. The lowest BCUT2D eigenvalue weighted by atomic mass is 10.1. The summed E-state index contributed by atoms with van der Waals surface area (Å²) in [6, 6.07) is 11.7. The van der Waals surface area contributed by atoms with Crippen LogP contribution in [-0.4, -0.2) is 5.91 Å². The van der Waals surface area contributed by atoms with Crippen LogP contribution in [0.15, 0.2) is 42.5 Å². The van der Waals surface area contributed by atoms with Gasteiger partial charge in [0.15, 0.2) is 0 Å². The summed E-state index contributed by atoms with van der Waals surface area (Å²) in [5, 5.41) is 2.53. The quantitative estimate of drug-likeness (QED) is 0.832. The van der Waals surface area contributed by atoms with Gasteiger partial charge in [0.25, 0.3) is 0 Å². The Morgan fingerprint density at radius 2 is 2.00 bits per heavy atom. The van der Waals surface area contributed by atoms with E-state index in [-0.39, 0.29) is 18.0 Å². The van der Waals surface area contributed by atoms with Gasteiger partial charge in [0.2, 0.25) is 5.91 Å². The molecule has 0 heterocycles. The highest BCUT2D eigenvalue weighted by atomic mass is 19.1. The van der Waals surface area contributed by atoms with E-state index in [1.165, 1.54) is 18.2 Å². The molecule has 1 amide bonds. The van der Waals surface area contributed by atoms with Crippen molar-refractivity contribution in [2.75, 3.05) is 11.1 Å². The van der Waals surface area contributed by atoms with Gasteiger partial charge in [-0.2, -0.15) is 0 Å². The van der Waals surface area contributed by atoms with Crippen LogP contribution in [0.5, 0.6) is 0 Å². The number of carbonyl (C=O) groups excluding carboxylic acids is 1. The van der Waals surface area contributed by atoms with Crippen molar-refractivity contribution in [3.8, 4) is 0 Å². The lowest BCUT2D eigenvalue weighted by Gasteiger charge is -2.08. The third kappa shape index (κ3) is 3.31. The van der Waals surface area contributed by atoms with Crippen LogP contribution in [0, 0.1) is 12.7 Å². The van der Waals surface area contributed by atoms with Crippen LogP contribution < -0.4 is 11.1 Å². The topological polar surface area (TPSA) is 55.1 Å². The zero-order chi connectivity index (χ0) is 13.8. The van der Waals surface area contributed by atoms with Gasteiger partial charge in [-0.3, -0.25) is 4.79 Å². The standard InChI is InChI=1S/C15H15FN2O/c1-10-4-2-3-5-11(10)8-15(19)18-14-9-12(17)6-7-13(14)16/h2-7,9H,8,17H2,1H3,(H,18,19). The number of amides is 1. The number of nitrogen functional groups attached to an aromatic ring is 1. The number of carbonyl (C=O) groups is 1. The van der Waals surface area contributed by atoms with Gasteiger partial charge < -0.3 is 11.1 Å². The first-order valence-corrected chi connectivity index (χ1v) is 5.95. The largest absolute Gasteiger partial charge is 0.399 e. The minimum absolute atomic E-state index is 0.110. The zero-order valence-electron chi connectivity index (χ0n) is 10.6. The molecule has 0 atom stereocenters. The van der Waals surface area contributed by atoms with Crippen molar-refractivity contribution in [3.05, 3.63) is 59.4 Å². The number of halogens is 1. The van der Waals surface area contributed by atoms with Crippen LogP contribution in [0.25, 0.3) is 0 Å². The Morgan fingerprint density at radius 3 is 2.74 bits per heavy atom. The highest BCUT2D eigenvalue weighted by molar-refractivity contribution is 5.93. The molecule has 0 aromatic heterocycles. The summed E-state index contributed by atoms with van der Waals surface area (Å²) in [4.78, 5) is 11.9. The third-order valence-electron chi connectivity index (χ3n) is 2.88. The Bertz CT molecular complexity index is 611. The number of hydrogen-bond donors (Lipinski definition) is 2. The molecule has 2 aromatic rings. The Labute approximate surface area is 111 Å². The molecular weight excluding hydrogens is 243 g/mol. The minimum Gasteiger partial charge on any atom is -0.399 e. The van der Waals surface area contributed by atoms with Crippen LogP contribution in [0.4, 0.5) is 15.8 Å². The molecule has 0 saturated carbocycles. The van der Waals surface area contributed by atoms with E-state index in [0.717, 1.165) is 11.1 Å². The number of rotatable bonds is 3. The fourth-order valence-electron chi connectivity index (χ4n) is 1.81. The van der Waals surface area contributed by atoms with Crippen LogP contribution in [-0.2, 0) is 11.2 Å². The molecule has 0 aliphatic heterocycles. The average molecular weight is 258 g/mol. The van der Waals surface area contributed by atoms with Crippen LogP contribution in [0.2, 0.25) is 0 Å². The summed E-state index contributed by atoms with van der Waals surface area (Å²) in [6.45, 7) is 1.93. The van der Waals surface area contributed by atoms with Crippen molar-refractivity contribution in [3.63, 3.8) is 0 Å². The van der Waals surface area contributed by atoms with E-state index < -0.39 is 5.82 Å². The molecule has 0 radical (unpaired) electrons. The SMILES string of the molecule is Cc1ccccc1CC(=O)Nc1cc(N)ccc1F. The first kappa shape index (κ1) is 13.1. The summed E-state index contributed by atoms with van der Waals surface area (Å²) >= 11 is 0. The maximum absolute atomic E-state index is 13.5. The lowest BCUT2D eigenvalue weighted by molar-refractivity contribution is -0.115. The first-order chi connectivity index (χ1) is 9.06. The van der Waals surface area contributed by atoms with Gasteiger partial charge in [-0.25, -0.2) is 4.39 Å². The monoisotopic (exact) mass is 258 g/mol. The number of nitrogens with one attached hydrogen (secondary N) is 1. The van der Waals surface area contributed by atoms with Crippen molar-refractivity contribution in [1.82, 2.24) is 0 Å². The maximum atomic E-state index is 13.5. The summed E-state index contributed by atoms with van der Waals surface area (Å²) in [7, 11) is 0. The second kappa shape index (κ2) is 5.52. The van der Waals surface area contributed by atoms with E-state index in [4.69, 9.17) is 5.73 Å². The number of anilines is 2. The van der Waals surface area contributed by atoms with Gasteiger partial charge >= 0.3 is 0 Å². The molecule has 0 unspecified atom stereocenters. The van der Waals surface area contributed by atoms with E-state index >= 15 is 0 Å². The minimum atomic E-state index is -0.493. The highest BCUT2D eigenvalue weighted by Crippen LogP contribution is 2.18. The molecule has 19 heavy (non-hydrogen) atoms. The number of nitrogens with two attached hydrogens (primary N) is 1. The van der Waals surface area contributed by atoms with Gasteiger partial charge in [-0.05, 0) is 36.2 Å². The lowest BCUT2D eigenvalue weighted by Crippen LogP contribution is -2.16. The van der Waals surface area contributed by atoms with E-state index in [1.807, 2.05) is 31.2 Å². The second-order valence-corrected chi connectivity index (χ2v) is 4.39. The Hall–Kier alpha value is -2.36. The molecular formula is C15H15FN2O. The predicted molar refractivity (Wildman–Crippen MR) is 74.3 cm³/mol. The molecule has 2 rings (SSSR count). The summed E-state index contributed by atoms with van der Waals surface area (Å²) in [5.74, 6) is -0.758. The highest BCUT2D eigenvalue weighted by Gasteiger charge is 2.09. The molecule has 0 aliphatic rings. The van der Waals surface area contributed by atoms with E-state index in [0.29, 0.717) is 5.69 Å². The molecule has 2 aromatic carbocycles. The van der Waals surface area contributed by atoms with E-state index in [2.05, 4.69) is 5.32 Å². The van der Waals surface area contributed by atoms with Crippen LogP contribution in [0.3, 0.4) is 0 Å². The summed E-state index contributed by atoms with van der Waals surface area (Å²) in [5.41, 5.74) is 8.04. The van der Waals surface area contributed by atoms with Crippen molar-refractivity contribution < 1.29 is 9.18 Å². The smallest absolute Gasteiger partial charge is 0.228 e. The molecule has 0 fully saturated rings. The van der Waals surface area contributed by atoms with Gasteiger partial charge in [0, 0.05) is 5.69 Å². The third-order valence-corrected chi connectivity index (χ3v) is 2.88.